The van der Waals surface area contributed by atoms with Crippen molar-refractivity contribution < 1.29 is 18.7 Å². The summed E-state index contributed by atoms with van der Waals surface area (Å²) in [4.78, 5) is 39.2. The van der Waals surface area contributed by atoms with Crippen LogP contribution in [0.15, 0.2) is 57.7 Å². The zero-order valence-electron chi connectivity index (χ0n) is 15.1. The van der Waals surface area contributed by atoms with Crippen molar-refractivity contribution in [2.24, 2.45) is 0 Å². The molecule has 5 rings (SSSR count). The molecule has 1 aromatic heterocycles. The molecule has 1 spiro atoms. The van der Waals surface area contributed by atoms with Gasteiger partial charge in [0.15, 0.2) is 11.4 Å². The highest BCUT2D eigenvalue weighted by molar-refractivity contribution is 6.00. The van der Waals surface area contributed by atoms with Crippen LogP contribution in [0.1, 0.15) is 23.2 Å². The third-order valence-corrected chi connectivity index (χ3v) is 5.53. The molecule has 3 aromatic rings. The lowest BCUT2D eigenvalue weighted by Crippen LogP contribution is -2.45. The van der Waals surface area contributed by atoms with Gasteiger partial charge in [0, 0.05) is 13.0 Å². The molecule has 28 heavy (non-hydrogen) atoms. The lowest BCUT2D eigenvalue weighted by molar-refractivity contribution is -0.131. The first kappa shape index (κ1) is 16.8. The molecular formula is C21H18N2O5. The first-order valence-corrected chi connectivity index (χ1v) is 9.22. The lowest BCUT2D eigenvalue weighted by Gasteiger charge is -2.34. The number of ether oxygens (including phenoxy) is 1. The number of para-hydroxylation sites is 3. The average molecular weight is 378 g/mol. The number of likely N-dealkylation sites (tertiary alicyclic amines) is 1. The maximum atomic E-state index is 12.8. The summed E-state index contributed by atoms with van der Waals surface area (Å²) in [6.45, 7) is 0.714. The van der Waals surface area contributed by atoms with Gasteiger partial charge in [-0.05, 0) is 24.3 Å². The van der Waals surface area contributed by atoms with Gasteiger partial charge in [-0.3, -0.25) is 14.2 Å². The normalized spacial score (nSPS) is 21.1. The van der Waals surface area contributed by atoms with Crippen molar-refractivity contribution in [1.82, 2.24) is 9.47 Å². The van der Waals surface area contributed by atoms with Crippen LogP contribution in [0, 0.1) is 0 Å². The Balaban J connectivity index is 1.36. The monoisotopic (exact) mass is 378 g/mol. The van der Waals surface area contributed by atoms with Crippen molar-refractivity contribution in [2.75, 3.05) is 13.1 Å². The third kappa shape index (κ3) is 2.62. The summed E-state index contributed by atoms with van der Waals surface area (Å²) in [5, 5.41) is 0. The number of oxazole rings is 1. The number of rotatable bonds is 2. The van der Waals surface area contributed by atoms with Gasteiger partial charge in [-0.2, -0.15) is 0 Å². The Morgan fingerprint density at radius 2 is 1.86 bits per heavy atom. The molecule has 7 heteroatoms. The van der Waals surface area contributed by atoms with Crippen LogP contribution in [0.25, 0.3) is 11.1 Å². The predicted molar refractivity (Wildman–Crippen MR) is 100 cm³/mol. The summed E-state index contributed by atoms with van der Waals surface area (Å²) in [5.74, 6) is -0.139. The minimum Gasteiger partial charge on any atom is -0.484 e. The van der Waals surface area contributed by atoms with Crippen LogP contribution < -0.4 is 10.5 Å². The Morgan fingerprint density at radius 1 is 1.07 bits per heavy atom. The van der Waals surface area contributed by atoms with Crippen LogP contribution in [0.4, 0.5) is 0 Å². The number of Topliss-reactive ketones (excluding diaryl/α,β-unsaturated/α-hetero) is 1. The molecule has 1 saturated heterocycles. The largest absolute Gasteiger partial charge is 0.484 e. The Labute approximate surface area is 160 Å². The summed E-state index contributed by atoms with van der Waals surface area (Å²) in [7, 11) is 0. The van der Waals surface area contributed by atoms with E-state index in [-0.39, 0.29) is 24.7 Å². The second-order valence-corrected chi connectivity index (χ2v) is 7.37. The van der Waals surface area contributed by atoms with E-state index >= 15 is 0 Å². The molecule has 2 aromatic carbocycles. The van der Waals surface area contributed by atoms with Gasteiger partial charge in [0.1, 0.15) is 17.9 Å². The summed E-state index contributed by atoms with van der Waals surface area (Å²) >= 11 is 0. The van der Waals surface area contributed by atoms with Crippen LogP contribution in [0.3, 0.4) is 0 Å². The quantitative estimate of drug-likeness (QED) is 0.683. The molecule has 0 radical (unpaired) electrons. The second-order valence-electron chi connectivity index (χ2n) is 7.37. The molecule has 7 nitrogen and oxygen atoms in total. The van der Waals surface area contributed by atoms with E-state index in [0.29, 0.717) is 41.9 Å². The maximum absolute atomic E-state index is 12.8. The van der Waals surface area contributed by atoms with Crippen molar-refractivity contribution in [1.29, 1.82) is 0 Å². The number of carbonyl (C=O) groups excluding carboxylic acids is 2. The van der Waals surface area contributed by atoms with Crippen LogP contribution in [0.2, 0.25) is 0 Å². The van der Waals surface area contributed by atoms with Crippen molar-refractivity contribution in [3.63, 3.8) is 0 Å². The van der Waals surface area contributed by atoms with Crippen LogP contribution in [0.5, 0.6) is 5.75 Å². The third-order valence-electron chi connectivity index (χ3n) is 5.53. The molecule has 1 unspecified atom stereocenters. The molecule has 0 aliphatic carbocycles. The van der Waals surface area contributed by atoms with Gasteiger partial charge in [-0.1, -0.05) is 24.3 Å². The zero-order valence-corrected chi connectivity index (χ0v) is 15.1. The van der Waals surface area contributed by atoms with E-state index in [1.54, 1.807) is 41.3 Å². The van der Waals surface area contributed by atoms with E-state index in [2.05, 4.69) is 0 Å². The lowest BCUT2D eigenvalue weighted by atomic mass is 9.89. The van der Waals surface area contributed by atoms with Crippen molar-refractivity contribution in [3.8, 4) is 5.75 Å². The zero-order chi connectivity index (χ0) is 19.3. The number of nitrogens with zero attached hydrogens (tertiary/aromatic N) is 2. The van der Waals surface area contributed by atoms with E-state index in [9.17, 15) is 14.4 Å². The SMILES string of the molecule is O=C1CC2(CCN(C(=O)Cn3c(=O)oc4ccccc43)C2)Oc2ccccc21. The molecule has 0 N–H and O–H groups in total. The van der Waals surface area contributed by atoms with E-state index in [1.807, 2.05) is 12.1 Å². The first-order valence-electron chi connectivity index (χ1n) is 9.22. The minimum atomic E-state index is -0.690. The number of aromatic nitrogens is 1. The molecule has 0 saturated carbocycles. The summed E-state index contributed by atoms with van der Waals surface area (Å²) < 4.78 is 12.7. The highest BCUT2D eigenvalue weighted by Gasteiger charge is 2.46. The van der Waals surface area contributed by atoms with Gasteiger partial charge < -0.3 is 14.1 Å². The standard InChI is InChI=1S/C21H18N2O5/c24-16-11-21(28-17-7-3-1-5-14(16)17)9-10-22(13-21)19(25)12-23-15-6-2-4-8-18(15)27-20(23)26/h1-8H,9-13H2. The Bertz CT molecular complexity index is 1160. The minimum absolute atomic E-state index is 0.0354. The average Bonchev–Trinajstić information content (AvgIpc) is 3.23. The number of benzene rings is 2. The topological polar surface area (TPSA) is 81.8 Å². The molecule has 1 fully saturated rings. The molecular weight excluding hydrogens is 360 g/mol. The smallest absolute Gasteiger partial charge is 0.420 e. The maximum Gasteiger partial charge on any atom is 0.420 e. The predicted octanol–water partition coefficient (Wildman–Crippen LogP) is 2.23. The fourth-order valence-corrected chi connectivity index (χ4v) is 4.13. The van der Waals surface area contributed by atoms with Crippen molar-refractivity contribution >= 4 is 22.8 Å². The summed E-state index contributed by atoms with van der Waals surface area (Å²) in [6, 6.07) is 14.2. The van der Waals surface area contributed by atoms with Gasteiger partial charge >= 0.3 is 5.76 Å². The molecule has 1 atom stereocenters. The van der Waals surface area contributed by atoms with E-state index in [1.165, 1.54) is 4.57 Å². The van der Waals surface area contributed by atoms with E-state index < -0.39 is 11.4 Å². The van der Waals surface area contributed by atoms with Gasteiger partial charge in [0.2, 0.25) is 5.91 Å². The summed E-state index contributed by atoms with van der Waals surface area (Å²) in [6.07, 6.45) is 0.836. The van der Waals surface area contributed by atoms with Crippen molar-refractivity contribution in [2.45, 2.75) is 25.0 Å². The molecule has 0 bridgehead atoms. The molecule has 2 aliphatic rings. The number of hydrogen-bond acceptors (Lipinski definition) is 5. The molecule has 2 aliphatic heterocycles. The van der Waals surface area contributed by atoms with Crippen molar-refractivity contribution in [3.05, 3.63) is 64.6 Å². The number of amides is 1. The van der Waals surface area contributed by atoms with Crippen LogP contribution in [-0.2, 0) is 11.3 Å². The molecule has 3 heterocycles. The highest BCUT2D eigenvalue weighted by Crippen LogP contribution is 2.38. The van der Waals surface area contributed by atoms with Gasteiger partial charge in [0.25, 0.3) is 0 Å². The van der Waals surface area contributed by atoms with Gasteiger partial charge in [0.05, 0.1) is 24.0 Å². The second kappa shape index (κ2) is 6.09. The van der Waals surface area contributed by atoms with E-state index in [4.69, 9.17) is 9.15 Å². The number of hydrogen-bond donors (Lipinski definition) is 0. The van der Waals surface area contributed by atoms with Crippen LogP contribution >= 0.6 is 0 Å². The Morgan fingerprint density at radius 3 is 2.75 bits per heavy atom. The molecule has 142 valence electrons. The highest BCUT2D eigenvalue weighted by atomic mass is 16.5. The molecule has 1 amide bonds. The number of ketones is 1. The van der Waals surface area contributed by atoms with Gasteiger partial charge in [-0.15, -0.1) is 0 Å². The number of carbonyl (C=O) groups is 2. The number of fused-ring (bicyclic) bond motifs is 2. The fourth-order valence-electron chi connectivity index (χ4n) is 4.13. The van der Waals surface area contributed by atoms with E-state index in [0.717, 1.165) is 0 Å². The Kier molecular flexibility index (Phi) is 3.65. The van der Waals surface area contributed by atoms with Gasteiger partial charge in [-0.25, -0.2) is 4.79 Å². The van der Waals surface area contributed by atoms with Crippen LogP contribution in [-0.4, -0.2) is 39.8 Å². The summed E-state index contributed by atoms with van der Waals surface area (Å²) in [5.41, 5.74) is 0.947. The first-order chi connectivity index (χ1) is 13.5. The fraction of sp³-hybridized carbons (Fsp3) is 0.286. The Hall–Kier alpha value is -3.35.